The summed E-state index contributed by atoms with van der Waals surface area (Å²) in [5.74, 6) is 1.94. The first-order chi connectivity index (χ1) is 13.7. The average molecular weight is 383 g/mol. The summed E-state index contributed by atoms with van der Waals surface area (Å²) in [6, 6.07) is 9.28. The Morgan fingerprint density at radius 3 is 2.71 bits per heavy atom. The van der Waals surface area contributed by atoms with E-state index in [0.29, 0.717) is 36.2 Å². The smallest absolute Gasteiger partial charge is 0.253 e. The Morgan fingerprint density at radius 2 is 2.04 bits per heavy atom. The van der Waals surface area contributed by atoms with Crippen LogP contribution >= 0.6 is 0 Å². The van der Waals surface area contributed by atoms with Crippen LogP contribution in [0.15, 0.2) is 42.7 Å². The molecule has 2 heterocycles. The van der Waals surface area contributed by atoms with Gasteiger partial charge in [0.2, 0.25) is 0 Å². The van der Waals surface area contributed by atoms with E-state index >= 15 is 0 Å². The van der Waals surface area contributed by atoms with Crippen molar-refractivity contribution in [3.8, 4) is 11.5 Å². The first kappa shape index (κ1) is 20.1. The van der Waals surface area contributed by atoms with Gasteiger partial charge in [-0.2, -0.15) is 0 Å². The maximum Gasteiger partial charge on any atom is 0.253 e. The summed E-state index contributed by atoms with van der Waals surface area (Å²) >= 11 is 0. The van der Waals surface area contributed by atoms with Gasteiger partial charge in [-0.15, -0.1) is 0 Å². The van der Waals surface area contributed by atoms with Gasteiger partial charge in [-0.05, 0) is 63.5 Å². The largest absolute Gasteiger partial charge is 0.490 e. The summed E-state index contributed by atoms with van der Waals surface area (Å²) < 4.78 is 11.6. The molecule has 0 unspecified atom stereocenters. The third-order valence-corrected chi connectivity index (χ3v) is 5.00. The summed E-state index contributed by atoms with van der Waals surface area (Å²) in [4.78, 5) is 19.0. The van der Waals surface area contributed by atoms with Gasteiger partial charge in [0.1, 0.15) is 6.61 Å². The standard InChI is InChI=1S/C22H29N3O3/c1-3-27-21-13-19(22(26)25-11-8-17(9-12-25)14-23-2)6-7-20(21)28-16-18-5-4-10-24-15-18/h4-7,10,13,15,17,23H,3,8-9,11-12,14,16H2,1-2H3. The molecule has 3 rings (SSSR count). The fourth-order valence-corrected chi connectivity index (χ4v) is 3.48. The SMILES string of the molecule is CCOc1cc(C(=O)N2CCC(CNC)CC2)ccc1OCc1cccnc1. The fraction of sp³-hybridized carbons (Fsp3) is 0.455. The summed E-state index contributed by atoms with van der Waals surface area (Å²) in [6.07, 6.45) is 5.58. The van der Waals surface area contributed by atoms with E-state index in [2.05, 4.69) is 10.3 Å². The first-order valence-corrected chi connectivity index (χ1v) is 9.93. The molecule has 1 aromatic heterocycles. The number of hydrogen-bond donors (Lipinski definition) is 1. The first-order valence-electron chi connectivity index (χ1n) is 9.93. The van der Waals surface area contributed by atoms with E-state index in [1.54, 1.807) is 18.5 Å². The van der Waals surface area contributed by atoms with Crippen molar-refractivity contribution in [3.63, 3.8) is 0 Å². The number of carbonyl (C=O) groups excluding carboxylic acids is 1. The molecule has 0 bridgehead atoms. The van der Waals surface area contributed by atoms with Crippen molar-refractivity contribution in [2.75, 3.05) is 33.3 Å². The Labute approximate surface area is 166 Å². The van der Waals surface area contributed by atoms with E-state index in [4.69, 9.17) is 9.47 Å². The van der Waals surface area contributed by atoms with Gasteiger partial charge in [-0.25, -0.2) is 0 Å². The Bertz CT molecular complexity index is 759. The number of aromatic nitrogens is 1. The van der Waals surface area contributed by atoms with Gasteiger partial charge in [0.15, 0.2) is 11.5 Å². The van der Waals surface area contributed by atoms with Crippen LogP contribution in [0.2, 0.25) is 0 Å². The Kier molecular flexibility index (Phi) is 7.25. The fourth-order valence-electron chi connectivity index (χ4n) is 3.48. The predicted octanol–water partition coefficient (Wildman–Crippen LogP) is 3.13. The van der Waals surface area contributed by atoms with Crippen LogP contribution in [0, 0.1) is 5.92 Å². The van der Waals surface area contributed by atoms with E-state index in [-0.39, 0.29) is 5.91 Å². The van der Waals surface area contributed by atoms with Crippen LogP contribution in [0.1, 0.15) is 35.7 Å². The highest BCUT2D eigenvalue weighted by molar-refractivity contribution is 5.95. The van der Waals surface area contributed by atoms with Gasteiger partial charge in [0.05, 0.1) is 6.61 Å². The van der Waals surface area contributed by atoms with Crippen molar-refractivity contribution in [1.82, 2.24) is 15.2 Å². The number of nitrogens with zero attached hydrogens (tertiary/aromatic N) is 2. The van der Waals surface area contributed by atoms with Gasteiger partial charge in [-0.3, -0.25) is 9.78 Å². The van der Waals surface area contributed by atoms with Gasteiger partial charge in [0.25, 0.3) is 5.91 Å². The Hall–Kier alpha value is -2.60. The Morgan fingerprint density at radius 1 is 1.21 bits per heavy atom. The van der Waals surface area contributed by atoms with Gasteiger partial charge >= 0.3 is 0 Å². The monoisotopic (exact) mass is 383 g/mol. The minimum absolute atomic E-state index is 0.0580. The molecule has 1 N–H and O–H groups in total. The molecule has 150 valence electrons. The number of likely N-dealkylation sites (tertiary alicyclic amines) is 1. The van der Waals surface area contributed by atoms with Crippen molar-refractivity contribution in [3.05, 3.63) is 53.9 Å². The normalized spacial score (nSPS) is 14.7. The molecule has 1 saturated heterocycles. The molecule has 1 aliphatic heterocycles. The number of hydrogen-bond acceptors (Lipinski definition) is 5. The lowest BCUT2D eigenvalue weighted by Gasteiger charge is -2.32. The highest BCUT2D eigenvalue weighted by Crippen LogP contribution is 2.30. The lowest BCUT2D eigenvalue weighted by atomic mass is 9.96. The molecular weight excluding hydrogens is 354 g/mol. The molecule has 6 nitrogen and oxygen atoms in total. The van der Waals surface area contributed by atoms with Crippen molar-refractivity contribution in [2.45, 2.75) is 26.4 Å². The van der Waals surface area contributed by atoms with Crippen LogP contribution in [0.3, 0.4) is 0 Å². The second kappa shape index (κ2) is 10.1. The third-order valence-electron chi connectivity index (χ3n) is 5.00. The third kappa shape index (κ3) is 5.23. The zero-order chi connectivity index (χ0) is 19.8. The van der Waals surface area contributed by atoms with E-state index in [1.165, 1.54) is 0 Å². The average Bonchev–Trinajstić information content (AvgIpc) is 2.74. The quantitative estimate of drug-likeness (QED) is 0.759. The van der Waals surface area contributed by atoms with Gasteiger partial charge in [0, 0.05) is 36.6 Å². The van der Waals surface area contributed by atoms with Crippen molar-refractivity contribution in [1.29, 1.82) is 0 Å². The van der Waals surface area contributed by atoms with Crippen molar-refractivity contribution in [2.24, 2.45) is 5.92 Å². The maximum absolute atomic E-state index is 12.9. The van der Waals surface area contributed by atoms with E-state index in [1.807, 2.05) is 43.1 Å². The van der Waals surface area contributed by atoms with Crippen LogP contribution in [-0.4, -0.2) is 49.1 Å². The molecule has 6 heteroatoms. The lowest BCUT2D eigenvalue weighted by molar-refractivity contribution is 0.0690. The number of rotatable bonds is 8. The predicted molar refractivity (Wildman–Crippen MR) is 109 cm³/mol. The maximum atomic E-state index is 12.9. The number of piperidine rings is 1. The van der Waals surface area contributed by atoms with E-state index in [9.17, 15) is 4.79 Å². The Balaban J connectivity index is 1.67. The second-order valence-corrected chi connectivity index (χ2v) is 7.04. The van der Waals surface area contributed by atoms with Crippen LogP contribution in [0.4, 0.5) is 0 Å². The molecule has 2 aromatic rings. The van der Waals surface area contributed by atoms with Gasteiger partial charge < -0.3 is 19.7 Å². The summed E-state index contributed by atoms with van der Waals surface area (Å²) in [5.41, 5.74) is 1.62. The second-order valence-electron chi connectivity index (χ2n) is 7.04. The molecule has 0 radical (unpaired) electrons. The molecule has 0 atom stereocenters. The zero-order valence-electron chi connectivity index (χ0n) is 16.7. The molecule has 1 aromatic carbocycles. The number of nitrogens with one attached hydrogen (secondary N) is 1. The number of amides is 1. The molecule has 0 saturated carbocycles. The topological polar surface area (TPSA) is 63.7 Å². The molecule has 28 heavy (non-hydrogen) atoms. The number of ether oxygens (including phenoxy) is 2. The molecule has 0 aliphatic carbocycles. The minimum Gasteiger partial charge on any atom is -0.490 e. The van der Waals surface area contributed by atoms with Crippen molar-refractivity contribution < 1.29 is 14.3 Å². The molecule has 0 spiro atoms. The summed E-state index contributed by atoms with van der Waals surface area (Å²) in [7, 11) is 1.98. The van der Waals surface area contributed by atoms with Gasteiger partial charge in [-0.1, -0.05) is 6.07 Å². The van der Waals surface area contributed by atoms with E-state index in [0.717, 1.165) is 38.0 Å². The highest BCUT2D eigenvalue weighted by atomic mass is 16.5. The lowest BCUT2D eigenvalue weighted by Crippen LogP contribution is -2.40. The van der Waals surface area contributed by atoms with Crippen LogP contribution in [0.25, 0.3) is 0 Å². The van der Waals surface area contributed by atoms with Crippen LogP contribution in [-0.2, 0) is 6.61 Å². The molecule has 1 aliphatic rings. The molecule has 1 amide bonds. The van der Waals surface area contributed by atoms with Crippen LogP contribution < -0.4 is 14.8 Å². The van der Waals surface area contributed by atoms with E-state index < -0.39 is 0 Å². The number of benzene rings is 1. The molecule has 1 fully saturated rings. The number of pyridine rings is 1. The number of carbonyl (C=O) groups is 1. The zero-order valence-corrected chi connectivity index (χ0v) is 16.7. The summed E-state index contributed by atoms with van der Waals surface area (Å²) in [6.45, 7) is 5.45. The van der Waals surface area contributed by atoms with Crippen molar-refractivity contribution >= 4 is 5.91 Å². The highest BCUT2D eigenvalue weighted by Gasteiger charge is 2.24. The molecular formula is C22H29N3O3. The minimum atomic E-state index is 0.0580. The summed E-state index contributed by atoms with van der Waals surface area (Å²) in [5, 5.41) is 3.23. The van der Waals surface area contributed by atoms with Crippen LogP contribution in [0.5, 0.6) is 11.5 Å².